The van der Waals surface area contributed by atoms with Crippen LogP contribution in [0.5, 0.6) is 5.75 Å². The predicted molar refractivity (Wildman–Crippen MR) is 80.1 cm³/mol. The van der Waals surface area contributed by atoms with Gasteiger partial charge >= 0.3 is 0 Å². The van der Waals surface area contributed by atoms with E-state index in [1.54, 1.807) is 0 Å². The summed E-state index contributed by atoms with van der Waals surface area (Å²) < 4.78 is 11.3. The Morgan fingerprint density at radius 3 is 2.42 bits per heavy atom. The van der Waals surface area contributed by atoms with Crippen LogP contribution in [0.4, 0.5) is 0 Å². The Morgan fingerprint density at radius 1 is 1.05 bits per heavy atom. The summed E-state index contributed by atoms with van der Waals surface area (Å²) >= 11 is 0. The maximum absolute atomic E-state index is 5.75. The fourth-order valence-electron chi connectivity index (χ4n) is 1.76. The van der Waals surface area contributed by atoms with E-state index in [0.717, 1.165) is 18.9 Å². The van der Waals surface area contributed by atoms with Gasteiger partial charge in [0.05, 0.1) is 13.2 Å². The average Bonchev–Trinajstić information content (AvgIpc) is 2.32. The molecule has 0 aliphatic heterocycles. The zero-order chi connectivity index (χ0) is 14.3. The molecule has 1 aromatic rings. The van der Waals surface area contributed by atoms with Crippen molar-refractivity contribution >= 4 is 0 Å². The van der Waals surface area contributed by atoms with Crippen molar-refractivity contribution in [2.24, 2.45) is 0 Å². The first kappa shape index (κ1) is 16.0. The Morgan fingerprint density at radius 2 is 1.79 bits per heavy atom. The van der Waals surface area contributed by atoms with E-state index < -0.39 is 0 Å². The van der Waals surface area contributed by atoms with Gasteiger partial charge in [-0.3, -0.25) is 0 Å². The minimum atomic E-state index is 0.526. The van der Waals surface area contributed by atoms with Gasteiger partial charge in [0.1, 0.15) is 12.4 Å². The van der Waals surface area contributed by atoms with Crippen molar-refractivity contribution in [3.8, 4) is 5.75 Å². The summed E-state index contributed by atoms with van der Waals surface area (Å²) in [4.78, 5) is 2.11. The SMILES string of the molecule is Cc1cc(OCCOCCN(C)C)cc(C(C)C)c1. The van der Waals surface area contributed by atoms with Crippen LogP contribution in [0, 0.1) is 6.92 Å². The lowest BCUT2D eigenvalue weighted by Crippen LogP contribution is -2.19. The Balaban J connectivity index is 2.33. The van der Waals surface area contributed by atoms with Gasteiger partial charge in [0.25, 0.3) is 0 Å². The van der Waals surface area contributed by atoms with Crippen LogP contribution < -0.4 is 4.74 Å². The van der Waals surface area contributed by atoms with Gasteiger partial charge in [0.2, 0.25) is 0 Å². The zero-order valence-electron chi connectivity index (χ0n) is 12.9. The third-order valence-electron chi connectivity index (χ3n) is 2.92. The lowest BCUT2D eigenvalue weighted by atomic mass is 10.0. The number of hydrogen-bond acceptors (Lipinski definition) is 3. The highest BCUT2D eigenvalue weighted by molar-refractivity contribution is 5.35. The maximum atomic E-state index is 5.75. The number of nitrogens with zero attached hydrogens (tertiary/aromatic N) is 1. The third kappa shape index (κ3) is 6.60. The number of hydrogen-bond donors (Lipinski definition) is 0. The lowest BCUT2D eigenvalue weighted by Gasteiger charge is -2.13. The van der Waals surface area contributed by atoms with Crippen LogP contribution in [0.3, 0.4) is 0 Å². The second-order valence-electron chi connectivity index (χ2n) is 5.50. The van der Waals surface area contributed by atoms with Crippen molar-refractivity contribution in [2.75, 3.05) is 40.5 Å². The Hall–Kier alpha value is -1.06. The first-order valence-electron chi connectivity index (χ1n) is 6.96. The summed E-state index contributed by atoms with van der Waals surface area (Å²) in [7, 11) is 4.08. The molecular weight excluding hydrogens is 238 g/mol. The average molecular weight is 265 g/mol. The smallest absolute Gasteiger partial charge is 0.119 e. The zero-order valence-corrected chi connectivity index (χ0v) is 12.9. The van der Waals surface area contributed by atoms with Gasteiger partial charge in [-0.2, -0.15) is 0 Å². The van der Waals surface area contributed by atoms with Crippen LogP contribution in [-0.4, -0.2) is 45.4 Å². The van der Waals surface area contributed by atoms with Gasteiger partial charge in [-0.15, -0.1) is 0 Å². The highest BCUT2D eigenvalue weighted by Crippen LogP contribution is 2.22. The second-order valence-corrected chi connectivity index (χ2v) is 5.50. The molecule has 108 valence electrons. The number of likely N-dealkylation sites (N-methyl/N-ethyl adjacent to an activating group) is 1. The van der Waals surface area contributed by atoms with E-state index in [1.807, 2.05) is 14.1 Å². The largest absolute Gasteiger partial charge is 0.491 e. The molecule has 0 bridgehead atoms. The number of rotatable bonds is 8. The van der Waals surface area contributed by atoms with E-state index in [2.05, 4.69) is 43.9 Å². The van der Waals surface area contributed by atoms with E-state index in [9.17, 15) is 0 Å². The minimum Gasteiger partial charge on any atom is -0.491 e. The van der Waals surface area contributed by atoms with Gasteiger partial charge in [-0.1, -0.05) is 19.9 Å². The molecule has 0 radical (unpaired) electrons. The molecule has 3 nitrogen and oxygen atoms in total. The molecule has 0 saturated carbocycles. The van der Waals surface area contributed by atoms with E-state index in [0.29, 0.717) is 19.1 Å². The molecule has 0 N–H and O–H groups in total. The molecule has 3 heteroatoms. The predicted octanol–water partition coefficient (Wildman–Crippen LogP) is 3.08. The number of aryl methyl sites for hydroxylation is 1. The first-order chi connectivity index (χ1) is 8.99. The summed E-state index contributed by atoms with van der Waals surface area (Å²) in [6, 6.07) is 6.41. The van der Waals surface area contributed by atoms with Crippen LogP contribution in [0.1, 0.15) is 30.9 Å². The van der Waals surface area contributed by atoms with Crippen molar-refractivity contribution < 1.29 is 9.47 Å². The van der Waals surface area contributed by atoms with Gasteiger partial charge in [0.15, 0.2) is 0 Å². The molecular formula is C16H27NO2. The normalized spacial score (nSPS) is 11.3. The topological polar surface area (TPSA) is 21.7 Å². The minimum absolute atomic E-state index is 0.526. The Kier molecular flexibility index (Phi) is 6.89. The summed E-state index contributed by atoms with van der Waals surface area (Å²) in [5, 5.41) is 0. The van der Waals surface area contributed by atoms with Crippen molar-refractivity contribution in [3.05, 3.63) is 29.3 Å². The van der Waals surface area contributed by atoms with Crippen LogP contribution in [0.25, 0.3) is 0 Å². The molecule has 0 aliphatic rings. The Bertz CT molecular complexity index is 375. The molecule has 0 aromatic heterocycles. The van der Waals surface area contributed by atoms with Crippen LogP contribution in [-0.2, 0) is 4.74 Å². The molecule has 0 fully saturated rings. The van der Waals surface area contributed by atoms with E-state index >= 15 is 0 Å². The quantitative estimate of drug-likeness (QED) is 0.674. The molecule has 0 heterocycles. The first-order valence-corrected chi connectivity index (χ1v) is 6.96. The fourth-order valence-corrected chi connectivity index (χ4v) is 1.76. The fraction of sp³-hybridized carbons (Fsp3) is 0.625. The summed E-state index contributed by atoms with van der Waals surface area (Å²) in [5.74, 6) is 1.47. The second kappa shape index (κ2) is 8.18. The summed E-state index contributed by atoms with van der Waals surface area (Å²) in [6.07, 6.45) is 0. The van der Waals surface area contributed by atoms with Gasteiger partial charge in [-0.05, 0) is 50.2 Å². The molecule has 1 aromatic carbocycles. The molecule has 0 amide bonds. The van der Waals surface area contributed by atoms with Crippen molar-refractivity contribution in [3.63, 3.8) is 0 Å². The van der Waals surface area contributed by atoms with Crippen LogP contribution >= 0.6 is 0 Å². The number of ether oxygens (including phenoxy) is 2. The monoisotopic (exact) mass is 265 g/mol. The van der Waals surface area contributed by atoms with Crippen molar-refractivity contribution in [1.29, 1.82) is 0 Å². The summed E-state index contributed by atoms with van der Waals surface area (Å²) in [6.45, 7) is 9.44. The van der Waals surface area contributed by atoms with Gasteiger partial charge in [-0.25, -0.2) is 0 Å². The lowest BCUT2D eigenvalue weighted by molar-refractivity contribution is 0.0889. The highest BCUT2D eigenvalue weighted by Gasteiger charge is 2.03. The molecule has 1 rings (SSSR count). The standard InChI is InChI=1S/C16H27NO2/c1-13(2)15-10-14(3)11-16(12-15)19-9-8-18-7-6-17(4)5/h10-13H,6-9H2,1-5H3. The molecule has 0 aliphatic carbocycles. The third-order valence-corrected chi connectivity index (χ3v) is 2.92. The molecule has 19 heavy (non-hydrogen) atoms. The molecule has 0 atom stereocenters. The van der Waals surface area contributed by atoms with Crippen molar-refractivity contribution in [2.45, 2.75) is 26.7 Å². The van der Waals surface area contributed by atoms with E-state index in [4.69, 9.17) is 9.47 Å². The summed E-state index contributed by atoms with van der Waals surface area (Å²) in [5.41, 5.74) is 2.57. The van der Waals surface area contributed by atoms with Crippen molar-refractivity contribution in [1.82, 2.24) is 4.90 Å². The number of benzene rings is 1. The van der Waals surface area contributed by atoms with Crippen LogP contribution in [0.15, 0.2) is 18.2 Å². The van der Waals surface area contributed by atoms with Gasteiger partial charge in [0, 0.05) is 6.54 Å². The highest BCUT2D eigenvalue weighted by atomic mass is 16.5. The molecule has 0 spiro atoms. The Labute approximate surface area is 117 Å². The molecule has 0 saturated heterocycles. The van der Waals surface area contributed by atoms with Gasteiger partial charge < -0.3 is 14.4 Å². The van der Waals surface area contributed by atoms with E-state index in [-0.39, 0.29) is 0 Å². The van der Waals surface area contributed by atoms with Crippen LogP contribution in [0.2, 0.25) is 0 Å². The maximum Gasteiger partial charge on any atom is 0.119 e. The van der Waals surface area contributed by atoms with E-state index in [1.165, 1.54) is 11.1 Å². The molecule has 0 unspecified atom stereocenters.